The molecule has 0 fully saturated rings. The number of hydrazone groups is 1. The molecule has 4 aromatic carbocycles. The molecule has 1 amide bonds. The van der Waals surface area contributed by atoms with Crippen LogP contribution < -0.4 is 14.9 Å². The second kappa shape index (κ2) is 12.5. The van der Waals surface area contributed by atoms with Crippen molar-refractivity contribution in [3.05, 3.63) is 115 Å². The van der Waals surface area contributed by atoms with Gasteiger partial charge in [0.1, 0.15) is 11.4 Å². The fourth-order valence-electron chi connectivity index (χ4n) is 4.21. The third-order valence-corrected chi connectivity index (χ3v) is 7.57. The van der Waals surface area contributed by atoms with Crippen LogP contribution in [0.25, 0.3) is 22.0 Å². The molecule has 0 saturated heterocycles. The quantitative estimate of drug-likeness (QED) is 0.0764. The molecule has 0 unspecified atom stereocenters. The number of nitrogens with zero attached hydrogens (tertiary/aromatic N) is 1. The number of H-pyrrole nitrogens is 1. The number of fused-ring (bicyclic) bond motifs is 1. The first-order chi connectivity index (χ1) is 19.7. The monoisotopic (exact) mass is 713 g/mol. The molecule has 11 heteroatoms. The molecular weight excluding hydrogens is 697 g/mol. The lowest BCUT2D eigenvalue weighted by atomic mass is 10.0. The van der Waals surface area contributed by atoms with E-state index in [1.165, 1.54) is 13.3 Å². The highest BCUT2D eigenvalue weighted by Gasteiger charge is 2.22. The van der Waals surface area contributed by atoms with Gasteiger partial charge in [-0.25, -0.2) is 10.2 Å². The molecule has 0 spiro atoms. The third kappa shape index (κ3) is 6.33. The van der Waals surface area contributed by atoms with Crippen LogP contribution in [0.4, 0.5) is 0 Å². The van der Waals surface area contributed by atoms with Gasteiger partial charge < -0.3 is 14.5 Å². The van der Waals surface area contributed by atoms with Crippen molar-refractivity contribution in [3.8, 4) is 22.6 Å². The van der Waals surface area contributed by atoms with Gasteiger partial charge >= 0.3 is 5.97 Å². The van der Waals surface area contributed by atoms with Crippen molar-refractivity contribution in [2.75, 3.05) is 7.11 Å². The van der Waals surface area contributed by atoms with Gasteiger partial charge in [-0.05, 0) is 64.0 Å². The van der Waals surface area contributed by atoms with E-state index < -0.39 is 11.9 Å². The Labute approximate surface area is 261 Å². The molecule has 0 saturated carbocycles. The van der Waals surface area contributed by atoms with E-state index in [0.717, 1.165) is 5.56 Å². The maximum absolute atomic E-state index is 13.4. The van der Waals surface area contributed by atoms with E-state index in [0.29, 0.717) is 52.3 Å². The number of nitrogens with one attached hydrogen (secondary N) is 2. The summed E-state index contributed by atoms with van der Waals surface area (Å²) in [6.45, 7) is 0. The zero-order chi connectivity index (χ0) is 29.1. The standard InChI is InChI=1S/C30H19Br2Cl2N3O4/c1-40-21-9-5-8-17(11-21)30(39)41-28-18(10-19(31)12-22(28)32)15-35-37-29(38)27-25(16-6-3-2-4-7-16)26-23(34)13-20(33)14-24(26)36-27/h2-15,36H,1H3,(H,37,38). The lowest BCUT2D eigenvalue weighted by Gasteiger charge is -2.11. The normalized spacial score (nSPS) is 11.1. The summed E-state index contributed by atoms with van der Waals surface area (Å²) in [7, 11) is 1.51. The van der Waals surface area contributed by atoms with Gasteiger partial charge in [-0.15, -0.1) is 0 Å². The Balaban J connectivity index is 1.45. The largest absolute Gasteiger partial charge is 0.497 e. The molecule has 5 aromatic rings. The minimum absolute atomic E-state index is 0.219. The Morgan fingerprint density at radius 3 is 2.51 bits per heavy atom. The second-order valence-corrected chi connectivity index (χ2v) is 11.3. The average Bonchev–Trinajstić information content (AvgIpc) is 3.35. The number of rotatable bonds is 7. The Hall–Kier alpha value is -3.63. The molecule has 0 atom stereocenters. The number of hydrogen-bond donors (Lipinski definition) is 2. The summed E-state index contributed by atoms with van der Waals surface area (Å²) in [6, 6.07) is 22.8. The van der Waals surface area contributed by atoms with Crippen LogP contribution in [0.1, 0.15) is 26.4 Å². The van der Waals surface area contributed by atoms with Gasteiger partial charge in [-0.1, -0.05) is 75.5 Å². The van der Waals surface area contributed by atoms with Crippen LogP contribution in [-0.4, -0.2) is 30.2 Å². The van der Waals surface area contributed by atoms with Crippen molar-refractivity contribution < 1.29 is 19.1 Å². The van der Waals surface area contributed by atoms with E-state index in [-0.39, 0.29) is 11.4 Å². The second-order valence-electron chi connectivity index (χ2n) is 8.68. The van der Waals surface area contributed by atoms with Crippen LogP contribution in [0, 0.1) is 0 Å². The van der Waals surface area contributed by atoms with Crippen molar-refractivity contribution in [3.63, 3.8) is 0 Å². The first kappa shape index (κ1) is 28.9. The predicted octanol–water partition coefficient (Wildman–Crippen LogP) is 8.66. The topological polar surface area (TPSA) is 92.8 Å². The SMILES string of the molecule is COc1cccc(C(=O)Oc2c(Br)cc(Br)cc2C=NNC(=O)c2[nH]c3cc(Cl)cc(Cl)c3c2-c2ccccc2)c1. The lowest BCUT2D eigenvalue weighted by molar-refractivity contribution is 0.0732. The number of aromatic amines is 1. The number of carbonyl (C=O) groups is 2. The van der Waals surface area contributed by atoms with Crippen molar-refractivity contribution in [1.82, 2.24) is 10.4 Å². The Morgan fingerprint density at radius 2 is 1.76 bits per heavy atom. The molecule has 1 heterocycles. The van der Waals surface area contributed by atoms with Crippen molar-refractivity contribution in [2.24, 2.45) is 5.10 Å². The summed E-state index contributed by atoms with van der Waals surface area (Å²) in [4.78, 5) is 29.4. The number of esters is 1. The number of ether oxygens (including phenoxy) is 2. The number of halogens is 4. The highest BCUT2D eigenvalue weighted by Crippen LogP contribution is 2.38. The number of aromatic nitrogens is 1. The van der Waals surface area contributed by atoms with Crippen molar-refractivity contribution in [1.29, 1.82) is 0 Å². The van der Waals surface area contributed by atoms with Gasteiger partial charge in [-0.2, -0.15) is 5.10 Å². The molecule has 41 heavy (non-hydrogen) atoms. The summed E-state index contributed by atoms with van der Waals surface area (Å²) in [5, 5.41) is 5.67. The molecule has 0 bridgehead atoms. The van der Waals surface area contributed by atoms with E-state index in [2.05, 4.69) is 47.4 Å². The van der Waals surface area contributed by atoms with Crippen LogP contribution in [0.2, 0.25) is 10.0 Å². The molecule has 0 aliphatic carbocycles. The molecule has 2 N–H and O–H groups in total. The van der Waals surface area contributed by atoms with Gasteiger partial charge in [0.05, 0.1) is 28.4 Å². The molecule has 5 rings (SSSR count). The summed E-state index contributed by atoms with van der Waals surface area (Å²) in [5.41, 5.74) is 5.57. The lowest BCUT2D eigenvalue weighted by Crippen LogP contribution is -2.19. The predicted molar refractivity (Wildman–Crippen MR) is 169 cm³/mol. The highest BCUT2D eigenvalue weighted by molar-refractivity contribution is 9.11. The fraction of sp³-hybridized carbons (Fsp3) is 0.0333. The first-order valence-electron chi connectivity index (χ1n) is 12.0. The number of carbonyl (C=O) groups excluding carboxylic acids is 2. The molecule has 0 radical (unpaired) electrons. The third-order valence-electron chi connectivity index (χ3n) is 6.01. The van der Waals surface area contributed by atoms with E-state index in [4.69, 9.17) is 32.7 Å². The summed E-state index contributed by atoms with van der Waals surface area (Å²) in [6.07, 6.45) is 1.39. The van der Waals surface area contributed by atoms with E-state index in [9.17, 15) is 9.59 Å². The van der Waals surface area contributed by atoms with Crippen molar-refractivity contribution in [2.45, 2.75) is 0 Å². The summed E-state index contributed by atoms with van der Waals surface area (Å²) >= 11 is 19.6. The maximum atomic E-state index is 13.4. The van der Waals surface area contributed by atoms with Crippen LogP contribution in [-0.2, 0) is 0 Å². The zero-order valence-corrected chi connectivity index (χ0v) is 25.9. The maximum Gasteiger partial charge on any atom is 0.343 e. The molecule has 0 aliphatic heterocycles. The molecule has 206 valence electrons. The fourth-order valence-corrected chi connectivity index (χ4v) is 6.14. The Morgan fingerprint density at radius 1 is 0.976 bits per heavy atom. The van der Waals surface area contributed by atoms with Gasteiger partial charge in [0.25, 0.3) is 5.91 Å². The molecule has 7 nitrogen and oxygen atoms in total. The first-order valence-corrected chi connectivity index (χ1v) is 14.3. The van der Waals surface area contributed by atoms with Crippen LogP contribution in [0.5, 0.6) is 11.5 Å². The van der Waals surface area contributed by atoms with Gasteiger partial charge in [0.15, 0.2) is 5.75 Å². The number of benzene rings is 4. The molecule has 0 aliphatic rings. The smallest absolute Gasteiger partial charge is 0.343 e. The van der Waals surface area contributed by atoms with Crippen LogP contribution in [0.15, 0.2) is 92.9 Å². The molecular formula is C30H19Br2Cl2N3O4. The Kier molecular flexibility index (Phi) is 8.79. The van der Waals surface area contributed by atoms with Crippen molar-refractivity contribution >= 4 is 84.1 Å². The average molecular weight is 716 g/mol. The minimum atomic E-state index is -0.591. The minimum Gasteiger partial charge on any atom is -0.497 e. The van der Waals surface area contributed by atoms with Gasteiger partial charge in [0, 0.05) is 31.5 Å². The van der Waals surface area contributed by atoms with Crippen LogP contribution in [0.3, 0.4) is 0 Å². The number of amides is 1. The molecule has 1 aromatic heterocycles. The highest BCUT2D eigenvalue weighted by atomic mass is 79.9. The van der Waals surface area contributed by atoms with E-state index >= 15 is 0 Å². The van der Waals surface area contributed by atoms with E-state index in [1.807, 2.05) is 30.3 Å². The van der Waals surface area contributed by atoms with Gasteiger partial charge in [-0.3, -0.25) is 4.79 Å². The number of hydrogen-bond acceptors (Lipinski definition) is 5. The van der Waals surface area contributed by atoms with Gasteiger partial charge in [0.2, 0.25) is 0 Å². The Bertz CT molecular complexity index is 1820. The summed E-state index contributed by atoms with van der Waals surface area (Å²) in [5.74, 6) is -0.357. The summed E-state index contributed by atoms with van der Waals surface area (Å²) < 4.78 is 12.1. The van der Waals surface area contributed by atoms with E-state index in [1.54, 1.807) is 48.5 Å². The zero-order valence-electron chi connectivity index (χ0n) is 21.2. The number of methoxy groups -OCH3 is 1. The van der Waals surface area contributed by atoms with Crippen LogP contribution >= 0.6 is 55.1 Å².